The molecule has 4 aromatic rings. The number of benzene rings is 2. The molecule has 0 bridgehead atoms. The summed E-state index contributed by atoms with van der Waals surface area (Å²) in [7, 11) is 3.46. The molecule has 33 heavy (non-hydrogen) atoms. The van der Waals surface area contributed by atoms with Crippen LogP contribution in [0.3, 0.4) is 0 Å². The summed E-state index contributed by atoms with van der Waals surface area (Å²) in [5.41, 5.74) is 7.86. The van der Waals surface area contributed by atoms with Crippen LogP contribution in [-0.2, 0) is 0 Å². The largest absolute Gasteiger partial charge is 0.318 e. The van der Waals surface area contributed by atoms with Crippen molar-refractivity contribution >= 4 is 22.8 Å². The Bertz CT molecular complexity index is 1390. The van der Waals surface area contributed by atoms with E-state index in [1.54, 1.807) is 12.3 Å². The van der Waals surface area contributed by atoms with Crippen LogP contribution in [0.5, 0.6) is 0 Å². The van der Waals surface area contributed by atoms with E-state index in [2.05, 4.69) is 10.4 Å². The Morgan fingerprint density at radius 1 is 1.06 bits per heavy atom. The number of aromatic nitrogens is 2. The van der Waals surface area contributed by atoms with E-state index in [0.29, 0.717) is 11.3 Å². The van der Waals surface area contributed by atoms with Gasteiger partial charge in [-0.3, -0.25) is 9.20 Å². The van der Waals surface area contributed by atoms with E-state index >= 15 is 4.39 Å². The maximum Gasteiger partial charge on any atom is 0.260 e. The first-order valence-corrected chi connectivity index (χ1v) is 10.4. The van der Waals surface area contributed by atoms with Crippen LogP contribution in [0.25, 0.3) is 22.5 Å². The van der Waals surface area contributed by atoms with Gasteiger partial charge >= 0.3 is 0 Å². The number of imidazole rings is 1. The molecule has 166 valence electrons. The summed E-state index contributed by atoms with van der Waals surface area (Å²) in [6, 6.07) is 13.9. The summed E-state index contributed by atoms with van der Waals surface area (Å²) < 4.78 is 30.1. The normalized spacial score (nSPS) is 13.5. The van der Waals surface area contributed by atoms with Gasteiger partial charge in [-0.1, -0.05) is 6.07 Å². The summed E-state index contributed by atoms with van der Waals surface area (Å²) in [6.45, 7) is 0.721. The molecule has 0 atom stereocenters. The fourth-order valence-corrected chi connectivity index (χ4v) is 3.91. The predicted molar refractivity (Wildman–Crippen MR) is 123 cm³/mol. The van der Waals surface area contributed by atoms with E-state index in [4.69, 9.17) is 0 Å². The fourth-order valence-electron chi connectivity index (χ4n) is 3.91. The molecule has 1 aliphatic heterocycles. The number of pyridine rings is 1. The Morgan fingerprint density at radius 2 is 1.82 bits per heavy atom. The Morgan fingerprint density at radius 3 is 2.52 bits per heavy atom. The van der Waals surface area contributed by atoms with Gasteiger partial charge in [-0.15, -0.1) is 0 Å². The van der Waals surface area contributed by atoms with Crippen molar-refractivity contribution in [2.45, 2.75) is 0 Å². The van der Waals surface area contributed by atoms with E-state index in [0.717, 1.165) is 29.0 Å². The zero-order valence-electron chi connectivity index (χ0n) is 18.1. The molecule has 1 aliphatic rings. The third kappa shape index (κ3) is 3.85. The number of fused-ring (bicyclic) bond motifs is 1. The summed E-state index contributed by atoms with van der Waals surface area (Å²) >= 11 is 0. The number of hydrogen-bond acceptors (Lipinski definition) is 4. The number of nitrogens with one attached hydrogen (secondary N) is 1. The molecule has 3 heterocycles. The van der Waals surface area contributed by atoms with Crippen molar-refractivity contribution in [3.63, 3.8) is 0 Å². The topological polar surface area (TPSA) is 52.9 Å². The predicted octanol–water partition coefficient (Wildman–Crippen LogP) is 4.35. The first-order chi connectivity index (χ1) is 15.9. The van der Waals surface area contributed by atoms with Crippen LogP contribution in [0.1, 0.15) is 15.9 Å². The highest BCUT2D eigenvalue weighted by Crippen LogP contribution is 2.27. The smallest absolute Gasteiger partial charge is 0.260 e. The highest BCUT2D eigenvalue weighted by molar-refractivity contribution is 6.06. The van der Waals surface area contributed by atoms with Crippen LogP contribution >= 0.6 is 0 Å². The molecule has 0 aliphatic carbocycles. The maximum absolute atomic E-state index is 15.0. The van der Waals surface area contributed by atoms with Crippen LogP contribution in [0.2, 0.25) is 0 Å². The number of nitrogens with zero attached hydrogens (tertiary/aromatic N) is 4. The van der Waals surface area contributed by atoms with Gasteiger partial charge in [-0.25, -0.2) is 19.2 Å². The molecule has 6 nitrogen and oxygen atoms in total. The van der Waals surface area contributed by atoms with Gasteiger partial charge in [0.2, 0.25) is 0 Å². The van der Waals surface area contributed by atoms with Crippen LogP contribution in [-0.4, -0.2) is 40.9 Å². The van der Waals surface area contributed by atoms with Crippen molar-refractivity contribution in [2.24, 2.45) is 0 Å². The molecule has 0 spiro atoms. The lowest BCUT2D eigenvalue weighted by atomic mass is 10.1. The minimum Gasteiger partial charge on any atom is -0.318 e. The number of halogens is 2. The average Bonchev–Trinajstić information content (AvgIpc) is 3.44. The van der Waals surface area contributed by atoms with Gasteiger partial charge in [-0.05, 0) is 59.7 Å². The highest BCUT2D eigenvalue weighted by atomic mass is 19.1. The monoisotopic (exact) mass is 445 g/mol. The zero-order chi connectivity index (χ0) is 23.1. The molecule has 5 rings (SSSR count). The molecule has 0 saturated heterocycles. The van der Waals surface area contributed by atoms with Gasteiger partial charge in [0, 0.05) is 44.3 Å². The van der Waals surface area contributed by atoms with E-state index < -0.39 is 17.5 Å². The second-order valence-electron chi connectivity index (χ2n) is 7.92. The SMILES string of the molecule is CN1C=C(c2ccc3ncc(-c4ccc(C(=O)N(C)c5ccc(F)cc5)c(F)c4)n3c2)CN1. The Hall–Kier alpha value is -4.04. The number of hydrazine groups is 1. The molecular weight excluding hydrogens is 424 g/mol. The lowest BCUT2D eigenvalue weighted by Crippen LogP contribution is -2.27. The Kier molecular flexibility index (Phi) is 5.14. The minimum atomic E-state index is -0.637. The van der Waals surface area contributed by atoms with Gasteiger partial charge in [0.15, 0.2) is 0 Å². The summed E-state index contributed by atoms with van der Waals surface area (Å²) in [4.78, 5) is 18.6. The Labute approximate surface area is 189 Å². The average molecular weight is 445 g/mol. The van der Waals surface area contributed by atoms with Crippen LogP contribution < -0.4 is 10.3 Å². The molecule has 2 aromatic carbocycles. The van der Waals surface area contributed by atoms with E-state index in [-0.39, 0.29) is 5.56 Å². The minimum absolute atomic E-state index is 0.0645. The van der Waals surface area contributed by atoms with Gasteiger partial charge < -0.3 is 9.91 Å². The second-order valence-corrected chi connectivity index (χ2v) is 7.92. The van der Waals surface area contributed by atoms with E-state index in [1.807, 2.05) is 41.0 Å². The quantitative estimate of drug-likeness (QED) is 0.508. The van der Waals surface area contributed by atoms with Crippen LogP contribution in [0.15, 0.2) is 73.2 Å². The van der Waals surface area contributed by atoms with Crippen molar-refractivity contribution in [1.82, 2.24) is 19.8 Å². The highest BCUT2D eigenvalue weighted by Gasteiger charge is 2.19. The number of amides is 1. The van der Waals surface area contributed by atoms with Crippen molar-refractivity contribution in [1.29, 1.82) is 0 Å². The van der Waals surface area contributed by atoms with Crippen LogP contribution in [0, 0.1) is 11.6 Å². The summed E-state index contributed by atoms with van der Waals surface area (Å²) in [5, 5.41) is 1.91. The molecule has 1 N–H and O–H groups in total. The lowest BCUT2D eigenvalue weighted by molar-refractivity contribution is 0.0989. The summed E-state index contributed by atoms with van der Waals surface area (Å²) in [5.74, 6) is -1.56. The second kappa shape index (κ2) is 8.14. The number of anilines is 1. The number of carbonyl (C=O) groups excluding carboxylic acids is 1. The van der Waals surface area contributed by atoms with Crippen molar-refractivity contribution < 1.29 is 13.6 Å². The molecule has 8 heteroatoms. The molecule has 0 saturated carbocycles. The Balaban J connectivity index is 1.47. The first-order valence-electron chi connectivity index (χ1n) is 10.4. The molecule has 1 amide bonds. The lowest BCUT2D eigenvalue weighted by Gasteiger charge is -2.18. The zero-order valence-corrected chi connectivity index (χ0v) is 18.1. The molecular formula is C25H21F2N5O. The molecule has 2 aromatic heterocycles. The maximum atomic E-state index is 15.0. The third-order valence-corrected chi connectivity index (χ3v) is 5.76. The van der Waals surface area contributed by atoms with Gasteiger partial charge in [-0.2, -0.15) is 0 Å². The first kappa shape index (κ1) is 20.8. The molecule has 0 unspecified atom stereocenters. The third-order valence-electron chi connectivity index (χ3n) is 5.76. The van der Waals surface area contributed by atoms with Gasteiger partial charge in [0.25, 0.3) is 5.91 Å². The van der Waals surface area contributed by atoms with E-state index in [9.17, 15) is 9.18 Å². The van der Waals surface area contributed by atoms with Crippen LogP contribution in [0.4, 0.5) is 14.5 Å². The van der Waals surface area contributed by atoms with Crippen molar-refractivity contribution in [2.75, 3.05) is 25.5 Å². The fraction of sp³-hybridized carbons (Fsp3) is 0.120. The molecule has 0 radical (unpaired) electrons. The molecule has 0 fully saturated rings. The standard InChI is InChI=1S/C25H21F2N5O/c1-30-14-18(12-29-30)17-4-10-24-28-13-23(32(24)15-17)16-3-9-21(22(27)11-16)25(33)31(2)20-7-5-19(26)6-8-20/h3-11,13-15,29H,12H2,1-2H3. The van der Waals surface area contributed by atoms with Gasteiger partial charge in [0.05, 0.1) is 17.5 Å². The summed E-state index contributed by atoms with van der Waals surface area (Å²) in [6.07, 6.45) is 5.69. The number of hydrogen-bond donors (Lipinski definition) is 1. The number of carbonyl (C=O) groups is 1. The van der Waals surface area contributed by atoms with Gasteiger partial charge in [0.1, 0.15) is 17.3 Å². The van der Waals surface area contributed by atoms with Crippen molar-refractivity contribution in [3.05, 3.63) is 96.0 Å². The van der Waals surface area contributed by atoms with Crippen molar-refractivity contribution in [3.8, 4) is 11.3 Å². The van der Waals surface area contributed by atoms with E-state index in [1.165, 1.54) is 48.3 Å². The number of rotatable bonds is 4.